The molecule has 1 aromatic rings. The first-order chi connectivity index (χ1) is 8.90. The molecule has 0 radical (unpaired) electrons. The molecule has 0 spiro atoms. The molecule has 104 valence electrons. The van der Waals surface area contributed by atoms with Crippen molar-refractivity contribution < 1.29 is 14.3 Å². The first-order valence-electron chi connectivity index (χ1n) is 6.61. The van der Waals surface area contributed by atoms with E-state index < -0.39 is 11.4 Å². The first-order valence-corrected chi connectivity index (χ1v) is 6.61. The topological polar surface area (TPSA) is 40.5 Å². The Morgan fingerprint density at radius 2 is 2.26 bits per heavy atom. The van der Waals surface area contributed by atoms with Crippen molar-refractivity contribution in [3.05, 3.63) is 35.1 Å². The Balaban J connectivity index is 2.11. The fourth-order valence-electron chi connectivity index (χ4n) is 2.72. The van der Waals surface area contributed by atoms with Crippen LogP contribution in [0.3, 0.4) is 0 Å². The minimum Gasteiger partial charge on any atom is -0.481 e. The number of carboxylic acid groups (broad SMARTS) is 1. The minimum absolute atomic E-state index is 0.215. The monoisotopic (exact) mass is 265 g/mol. The highest BCUT2D eigenvalue weighted by Crippen LogP contribution is 2.30. The van der Waals surface area contributed by atoms with Gasteiger partial charge in [-0.2, -0.15) is 0 Å². The molecule has 1 N–H and O–H groups in total. The van der Waals surface area contributed by atoms with Gasteiger partial charge in [-0.05, 0) is 39.3 Å². The maximum Gasteiger partial charge on any atom is 0.310 e. The number of hydrogen-bond acceptors (Lipinski definition) is 2. The third-order valence-corrected chi connectivity index (χ3v) is 3.89. The van der Waals surface area contributed by atoms with Gasteiger partial charge in [-0.15, -0.1) is 0 Å². The normalized spacial score (nSPS) is 24.4. The highest BCUT2D eigenvalue weighted by molar-refractivity contribution is 5.74. The van der Waals surface area contributed by atoms with Gasteiger partial charge >= 0.3 is 5.97 Å². The van der Waals surface area contributed by atoms with E-state index >= 15 is 0 Å². The van der Waals surface area contributed by atoms with E-state index in [9.17, 15) is 14.3 Å². The maximum atomic E-state index is 13.7. The van der Waals surface area contributed by atoms with Gasteiger partial charge in [0.25, 0.3) is 0 Å². The number of halogens is 1. The molecule has 1 aliphatic heterocycles. The number of carbonyl (C=O) groups is 1. The Morgan fingerprint density at radius 1 is 1.53 bits per heavy atom. The summed E-state index contributed by atoms with van der Waals surface area (Å²) in [6.07, 6.45) is 1.53. The molecule has 19 heavy (non-hydrogen) atoms. The summed E-state index contributed by atoms with van der Waals surface area (Å²) in [7, 11) is 0. The van der Waals surface area contributed by atoms with Crippen LogP contribution in [-0.4, -0.2) is 29.1 Å². The van der Waals surface area contributed by atoms with E-state index in [2.05, 4.69) is 0 Å². The molecule has 1 saturated heterocycles. The van der Waals surface area contributed by atoms with Crippen molar-refractivity contribution in [2.24, 2.45) is 5.41 Å². The molecule has 0 saturated carbocycles. The summed E-state index contributed by atoms with van der Waals surface area (Å²) in [5.41, 5.74) is 0.961. The second-order valence-electron chi connectivity index (χ2n) is 5.77. The van der Waals surface area contributed by atoms with Crippen LogP contribution in [0.5, 0.6) is 0 Å². The number of piperidine rings is 1. The standard InChI is InChI=1S/C15H20FNO2/c1-11-4-5-13(16)12(8-11)9-17-7-3-6-15(2,10-17)14(18)19/h4-5,8H,3,6-7,9-10H2,1-2H3,(H,18,19). The number of rotatable bonds is 3. The lowest BCUT2D eigenvalue weighted by molar-refractivity contribution is -0.151. The van der Waals surface area contributed by atoms with Crippen molar-refractivity contribution >= 4 is 5.97 Å². The third-order valence-electron chi connectivity index (χ3n) is 3.89. The summed E-state index contributed by atoms with van der Waals surface area (Å²) < 4.78 is 13.7. The number of aryl methyl sites for hydroxylation is 1. The molecule has 1 atom stereocenters. The van der Waals surface area contributed by atoms with Crippen LogP contribution in [0.15, 0.2) is 18.2 Å². The molecule has 1 aromatic carbocycles. The van der Waals surface area contributed by atoms with E-state index in [-0.39, 0.29) is 5.82 Å². The van der Waals surface area contributed by atoms with Crippen LogP contribution in [0.25, 0.3) is 0 Å². The van der Waals surface area contributed by atoms with Crippen LogP contribution in [0.2, 0.25) is 0 Å². The summed E-state index contributed by atoms with van der Waals surface area (Å²) in [6.45, 7) is 5.50. The molecule has 4 heteroatoms. The van der Waals surface area contributed by atoms with E-state index in [4.69, 9.17) is 0 Å². The summed E-state index contributed by atoms with van der Waals surface area (Å²) in [5, 5.41) is 9.28. The lowest BCUT2D eigenvalue weighted by Gasteiger charge is -2.37. The van der Waals surface area contributed by atoms with Crippen LogP contribution in [0.1, 0.15) is 30.9 Å². The second-order valence-corrected chi connectivity index (χ2v) is 5.77. The Labute approximate surface area is 113 Å². The number of aliphatic carboxylic acids is 1. The van der Waals surface area contributed by atoms with Crippen molar-refractivity contribution in [3.8, 4) is 0 Å². The van der Waals surface area contributed by atoms with Crippen LogP contribution < -0.4 is 0 Å². The van der Waals surface area contributed by atoms with E-state index in [0.717, 1.165) is 18.5 Å². The molecular weight excluding hydrogens is 245 g/mol. The zero-order valence-electron chi connectivity index (χ0n) is 11.4. The Hall–Kier alpha value is -1.42. The molecule has 1 unspecified atom stereocenters. The van der Waals surface area contributed by atoms with Gasteiger partial charge in [0.15, 0.2) is 0 Å². The molecule has 1 aliphatic rings. The minimum atomic E-state index is -0.762. The highest BCUT2D eigenvalue weighted by atomic mass is 19.1. The first kappa shape index (κ1) is 14.0. The molecule has 2 rings (SSSR count). The van der Waals surface area contributed by atoms with E-state index in [1.807, 2.05) is 17.9 Å². The van der Waals surface area contributed by atoms with Crippen LogP contribution in [0, 0.1) is 18.2 Å². The van der Waals surface area contributed by atoms with Crippen LogP contribution >= 0.6 is 0 Å². The number of carboxylic acids is 1. The predicted octanol–water partition coefficient (Wildman–Crippen LogP) is 2.82. The van der Waals surface area contributed by atoms with Crippen LogP contribution in [0.4, 0.5) is 4.39 Å². The number of likely N-dealkylation sites (tertiary alicyclic amines) is 1. The van der Waals surface area contributed by atoms with Gasteiger partial charge in [-0.1, -0.05) is 17.7 Å². The average Bonchev–Trinajstić information content (AvgIpc) is 2.34. The molecule has 0 aromatic heterocycles. The van der Waals surface area contributed by atoms with Crippen molar-refractivity contribution in [2.45, 2.75) is 33.2 Å². The predicted molar refractivity (Wildman–Crippen MR) is 71.4 cm³/mol. The maximum absolute atomic E-state index is 13.7. The van der Waals surface area contributed by atoms with Gasteiger partial charge in [0.2, 0.25) is 0 Å². The third kappa shape index (κ3) is 3.13. The second kappa shape index (κ2) is 5.29. The van der Waals surface area contributed by atoms with Crippen molar-refractivity contribution in [1.82, 2.24) is 4.90 Å². The zero-order valence-corrected chi connectivity index (χ0v) is 11.4. The number of benzene rings is 1. The van der Waals surface area contributed by atoms with Crippen molar-refractivity contribution in [3.63, 3.8) is 0 Å². The van der Waals surface area contributed by atoms with Gasteiger partial charge in [0.1, 0.15) is 5.82 Å². The fourth-order valence-corrected chi connectivity index (χ4v) is 2.72. The van der Waals surface area contributed by atoms with Gasteiger partial charge in [0.05, 0.1) is 5.41 Å². The van der Waals surface area contributed by atoms with Crippen LogP contribution in [-0.2, 0) is 11.3 Å². The molecule has 0 amide bonds. The number of nitrogens with zero attached hydrogens (tertiary/aromatic N) is 1. The van der Waals surface area contributed by atoms with E-state index in [1.165, 1.54) is 6.07 Å². The molecule has 0 aliphatic carbocycles. The summed E-state index contributed by atoms with van der Waals surface area (Å²) in [6, 6.07) is 5.06. The van der Waals surface area contributed by atoms with Crippen molar-refractivity contribution in [2.75, 3.05) is 13.1 Å². The number of hydrogen-bond donors (Lipinski definition) is 1. The lowest BCUT2D eigenvalue weighted by atomic mass is 9.82. The van der Waals surface area contributed by atoms with Gasteiger partial charge in [-0.3, -0.25) is 9.69 Å². The smallest absolute Gasteiger partial charge is 0.310 e. The quantitative estimate of drug-likeness (QED) is 0.913. The molecule has 1 fully saturated rings. The summed E-state index contributed by atoms with van der Waals surface area (Å²) in [5.74, 6) is -0.977. The van der Waals surface area contributed by atoms with Gasteiger partial charge in [0, 0.05) is 18.7 Å². The van der Waals surface area contributed by atoms with E-state index in [1.54, 1.807) is 13.0 Å². The molecule has 3 nitrogen and oxygen atoms in total. The lowest BCUT2D eigenvalue weighted by Crippen LogP contribution is -2.45. The summed E-state index contributed by atoms with van der Waals surface area (Å²) in [4.78, 5) is 13.3. The Morgan fingerprint density at radius 3 is 2.95 bits per heavy atom. The largest absolute Gasteiger partial charge is 0.481 e. The average molecular weight is 265 g/mol. The van der Waals surface area contributed by atoms with Crippen molar-refractivity contribution in [1.29, 1.82) is 0 Å². The highest BCUT2D eigenvalue weighted by Gasteiger charge is 2.37. The molecule has 1 heterocycles. The van der Waals surface area contributed by atoms with Gasteiger partial charge < -0.3 is 5.11 Å². The SMILES string of the molecule is Cc1ccc(F)c(CN2CCCC(C)(C(=O)O)C2)c1. The summed E-state index contributed by atoms with van der Waals surface area (Å²) >= 11 is 0. The fraction of sp³-hybridized carbons (Fsp3) is 0.533. The van der Waals surface area contributed by atoms with Gasteiger partial charge in [-0.25, -0.2) is 4.39 Å². The molecular formula is C15H20FNO2. The zero-order chi connectivity index (χ0) is 14.0. The van der Waals surface area contributed by atoms with E-state index in [0.29, 0.717) is 25.1 Å². The molecule has 0 bridgehead atoms. The Kier molecular flexibility index (Phi) is 3.90. The Bertz CT molecular complexity index is 489.